The molecule has 2 nitrogen and oxygen atoms in total. The Kier molecular flexibility index (Phi) is 3.74. The molecule has 14 heavy (non-hydrogen) atoms. The molecule has 0 saturated heterocycles. The van der Waals surface area contributed by atoms with Crippen LogP contribution in [0, 0.1) is 5.82 Å². The quantitative estimate of drug-likeness (QED) is 0.750. The van der Waals surface area contributed by atoms with Gasteiger partial charge in [0.25, 0.3) is 0 Å². The van der Waals surface area contributed by atoms with Gasteiger partial charge < -0.3 is 10.6 Å². The third-order valence-electron chi connectivity index (χ3n) is 2.29. The lowest BCUT2D eigenvalue weighted by Gasteiger charge is -2.20. The zero-order chi connectivity index (χ0) is 10.6. The van der Waals surface area contributed by atoms with E-state index in [9.17, 15) is 4.39 Å². The second kappa shape index (κ2) is 4.84. The number of para-hydroxylation sites is 1. The van der Waals surface area contributed by atoms with Gasteiger partial charge in [0.05, 0.1) is 11.4 Å². The van der Waals surface area contributed by atoms with Gasteiger partial charge in [-0.25, -0.2) is 4.39 Å². The molecule has 0 aliphatic heterocycles. The molecule has 78 valence electrons. The number of hydrogen-bond donors (Lipinski definition) is 1. The van der Waals surface area contributed by atoms with Gasteiger partial charge in [-0.2, -0.15) is 0 Å². The molecule has 0 saturated carbocycles. The molecule has 0 heterocycles. The second-order valence-corrected chi connectivity index (χ2v) is 3.45. The van der Waals surface area contributed by atoms with Crippen LogP contribution >= 0.6 is 0 Å². The van der Waals surface area contributed by atoms with Crippen LogP contribution < -0.4 is 10.6 Å². The minimum absolute atomic E-state index is 0.242. The van der Waals surface area contributed by atoms with Crippen molar-refractivity contribution in [2.75, 3.05) is 24.2 Å². The number of nitrogens with zero attached hydrogens (tertiary/aromatic N) is 1. The third kappa shape index (κ3) is 2.37. The van der Waals surface area contributed by atoms with Crippen molar-refractivity contribution in [1.82, 2.24) is 0 Å². The van der Waals surface area contributed by atoms with Gasteiger partial charge in [0.1, 0.15) is 5.82 Å². The van der Waals surface area contributed by atoms with Crippen LogP contribution in [0.5, 0.6) is 0 Å². The first-order chi connectivity index (χ1) is 6.66. The van der Waals surface area contributed by atoms with Crippen molar-refractivity contribution in [2.24, 2.45) is 0 Å². The highest BCUT2D eigenvalue weighted by atomic mass is 19.1. The van der Waals surface area contributed by atoms with Crippen molar-refractivity contribution >= 4 is 11.4 Å². The Balaban J connectivity index is 2.79. The number of rotatable bonds is 4. The highest BCUT2D eigenvalue weighted by Crippen LogP contribution is 2.24. The van der Waals surface area contributed by atoms with Crippen LogP contribution in [-0.4, -0.2) is 13.6 Å². The van der Waals surface area contributed by atoms with Gasteiger partial charge in [0, 0.05) is 13.6 Å². The summed E-state index contributed by atoms with van der Waals surface area (Å²) in [5.41, 5.74) is 6.66. The monoisotopic (exact) mass is 196 g/mol. The molecular weight excluding hydrogens is 179 g/mol. The van der Waals surface area contributed by atoms with Gasteiger partial charge in [-0.1, -0.05) is 19.4 Å². The first-order valence-electron chi connectivity index (χ1n) is 4.92. The summed E-state index contributed by atoms with van der Waals surface area (Å²) in [4.78, 5) is 1.99. The summed E-state index contributed by atoms with van der Waals surface area (Å²) in [6.45, 7) is 3.03. The Morgan fingerprint density at radius 2 is 2.14 bits per heavy atom. The van der Waals surface area contributed by atoms with E-state index in [1.807, 2.05) is 18.0 Å². The summed E-state index contributed by atoms with van der Waals surface area (Å²) < 4.78 is 13.1. The smallest absolute Gasteiger partial charge is 0.148 e. The summed E-state index contributed by atoms with van der Waals surface area (Å²) in [7, 11) is 1.93. The van der Waals surface area contributed by atoms with E-state index >= 15 is 0 Å². The molecule has 0 amide bonds. The minimum Gasteiger partial charge on any atom is -0.395 e. The maximum absolute atomic E-state index is 13.1. The van der Waals surface area contributed by atoms with Crippen molar-refractivity contribution in [3.05, 3.63) is 24.0 Å². The molecule has 2 N–H and O–H groups in total. The summed E-state index contributed by atoms with van der Waals surface area (Å²) in [5, 5.41) is 0. The van der Waals surface area contributed by atoms with E-state index in [0.717, 1.165) is 25.1 Å². The van der Waals surface area contributed by atoms with Gasteiger partial charge in [-0.3, -0.25) is 0 Å². The SMILES string of the molecule is CCCCN(C)c1cccc(F)c1N. The van der Waals surface area contributed by atoms with E-state index in [0.29, 0.717) is 0 Å². The highest BCUT2D eigenvalue weighted by Gasteiger charge is 2.07. The van der Waals surface area contributed by atoms with Crippen molar-refractivity contribution < 1.29 is 4.39 Å². The Labute approximate surface area is 84.5 Å². The summed E-state index contributed by atoms with van der Waals surface area (Å²) >= 11 is 0. The van der Waals surface area contributed by atoms with E-state index in [4.69, 9.17) is 5.73 Å². The number of anilines is 2. The number of hydrogen-bond acceptors (Lipinski definition) is 2. The third-order valence-corrected chi connectivity index (χ3v) is 2.29. The topological polar surface area (TPSA) is 29.3 Å². The Morgan fingerprint density at radius 3 is 2.79 bits per heavy atom. The molecule has 1 aromatic rings. The fourth-order valence-electron chi connectivity index (χ4n) is 1.37. The molecule has 0 aliphatic rings. The Hall–Kier alpha value is -1.25. The summed E-state index contributed by atoms with van der Waals surface area (Å²) in [6.07, 6.45) is 2.21. The van der Waals surface area contributed by atoms with Gasteiger partial charge in [-0.05, 0) is 18.6 Å². The Bertz CT molecular complexity index is 299. The first-order valence-corrected chi connectivity index (χ1v) is 4.92. The van der Waals surface area contributed by atoms with Crippen LogP contribution in [0.1, 0.15) is 19.8 Å². The Morgan fingerprint density at radius 1 is 1.43 bits per heavy atom. The molecule has 0 atom stereocenters. The van der Waals surface area contributed by atoms with Crippen LogP contribution in [0.2, 0.25) is 0 Å². The molecule has 3 heteroatoms. The molecular formula is C11H17FN2. The second-order valence-electron chi connectivity index (χ2n) is 3.45. The number of halogens is 1. The highest BCUT2D eigenvalue weighted by molar-refractivity contribution is 5.67. The fourth-order valence-corrected chi connectivity index (χ4v) is 1.37. The van der Waals surface area contributed by atoms with Gasteiger partial charge in [-0.15, -0.1) is 0 Å². The van der Waals surface area contributed by atoms with E-state index < -0.39 is 0 Å². The van der Waals surface area contributed by atoms with Gasteiger partial charge in [0.15, 0.2) is 0 Å². The zero-order valence-electron chi connectivity index (χ0n) is 8.76. The average Bonchev–Trinajstić information content (AvgIpc) is 2.18. The van der Waals surface area contributed by atoms with E-state index in [1.165, 1.54) is 6.07 Å². The molecule has 0 radical (unpaired) electrons. The summed E-state index contributed by atoms with van der Waals surface area (Å²) in [6, 6.07) is 4.91. The van der Waals surface area contributed by atoms with Crippen molar-refractivity contribution in [3.8, 4) is 0 Å². The van der Waals surface area contributed by atoms with Gasteiger partial charge in [0.2, 0.25) is 0 Å². The van der Waals surface area contributed by atoms with Crippen LogP contribution in [-0.2, 0) is 0 Å². The number of benzene rings is 1. The normalized spacial score (nSPS) is 10.2. The molecule has 0 bridgehead atoms. The molecule has 0 fully saturated rings. The summed E-state index contributed by atoms with van der Waals surface area (Å²) in [5.74, 6) is -0.342. The average molecular weight is 196 g/mol. The standard InChI is InChI=1S/C11H17FN2/c1-3-4-8-14(2)10-7-5-6-9(12)11(10)13/h5-7H,3-4,8,13H2,1-2H3. The van der Waals surface area contributed by atoms with Crippen molar-refractivity contribution in [3.63, 3.8) is 0 Å². The minimum atomic E-state index is -0.342. The molecule has 1 rings (SSSR count). The van der Waals surface area contributed by atoms with Crippen LogP contribution in [0.25, 0.3) is 0 Å². The lowest BCUT2D eigenvalue weighted by Crippen LogP contribution is -2.19. The predicted octanol–water partition coefficient (Wildman–Crippen LogP) is 2.64. The lowest BCUT2D eigenvalue weighted by molar-refractivity contribution is 0.631. The molecule has 0 aliphatic carbocycles. The fraction of sp³-hybridized carbons (Fsp3) is 0.455. The van der Waals surface area contributed by atoms with E-state index in [1.54, 1.807) is 6.07 Å². The predicted molar refractivity (Wildman–Crippen MR) is 59.0 cm³/mol. The number of nitrogen functional groups attached to an aromatic ring is 1. The van der Waals surface area contributed by atoms with Crippen LogP contribution in [0.15, 0.2) is 18.2 Å². The first kappa shape index (κ1) is 10.8. The van der Waals surface area contributed by atoms with Crippen LogP contribution in [0.4, 0.5) is 15.8 Å². The van der Waals surface area contributed by atoms with Gasteiger partial charge >= 0.3 is 0 Å². The molecule has 0 unspecified atom stereocenters. The van der Waals surface area contributed by atoms with E-state index in [2.05, 4.69) is 6.92 Å². The molecule has 0 aromatic heterocycles. The molecule has 1 aromatic carbocycles. The van der Waals surface area contributed by atoms with Crippen molar-refractivity contribution in [1.29, 1.82) is 0 Å². The van der Waals surface area contributed by atoms with Crippen LogP contribution in [0.3, 0.4) is 0 Å². The van der Waals surface area contributed by atoms with Crippen molar-refractivity contribution in [2.45, 2.75) is 19.8 Å². The maximum Gasteiger partial charge on any atom is 0.148 e. The zero-order valence-corrected chi connectivity index (χ0v) is 8.76. The molecule has 0 spiro atoms. The van der Waals surface area contributed by atoms with E-state index in [-0.39, 0.29) is 11.5 Å². The number of unbranched alkanes of at least 4 members (excludes halogenated alkanes) is 1. The number of nitrogens with two attached hydrogens (primary N) is 1. The lowest BCUT2D eigenvalue weighted by atomic mass is 10.2. The maximum atomic E-state index is 13.1. The largest absolute Gasteiger partial charge is 0.395 e.